The van der Waals surface area contributed by atoms with Gasteiger partial charge >= 0.3 is 0 Å². The molecular weight excluding hydrogens is 322 g/mol. The molecule has 24 heavy (non-hydrogen) atoms. The maximum atomic E-state index is 12.3. The van der Waals surface area contributed by atoms with Gasteiger partial charge in [-0.2, -0.15) is 0 Å². The molecule has 0 aliphatic carbocycles. The summed E-state index contributed by atoms with van der Waals surface area (Å²) in [6, 6.07) is 5.75. The molecule has 0 saturated heterocycles. The Morgan fingerprint density at radius 1 is 1.12 bits per heavy atom. The molecule has 1 amide bonds. The SMILES string of the molecule is Cc1ccc(C)c(CS(=O)(=O)CC(=O)N[C@@H](C)CCCC(C)C)c1. The summed E-state index contributed by atoms with van der Waals surface area (Å²) in [4.78, 5) is 12.0. The molecule has 1 rings (SSSR count). The van der Waals surface area contributed by atoms with Crippen molar-refractivity contribution in [3.63, 3.8) is 0 Å². The first kappa shape index (κ1) is 20.7. The zero-order valence-corrected chi connectivity index (χ0v) is 16.4. The second kappa shape index (κ2) is 9.21. The molecule has 136 valence electrons. The predicted octanol–water partition coefficient (Wildman–Crippen LogP) is 3.55. The van der Waals surface area contributed by atoms with E-state index < -0.39 is 21.5 Å². The Labute approximate surface area is 147 Å². The maximum absolute atomic E-state index is 12.3. The summed E-state index contributed by atoms with van der Waals surface area (Å²) in [5.74, 6) is -0.298. The third-order valence-corrected chi connectivity index (χ3v) is 5.51. The Balaban J connectivity index is 2.54. The van der Waals surface area contributed by atoms with Crippen LogP contribution in [-0.2, 0) is 20.4 Å². The minimum Gasteiger partial charge on any atom is -0.353 e. The second-order valence-electron chi connectivity index (χ2n) is 7.26. The Kier molecular flexibility index (Phi) is 7.94. The molecule has 0 aromatic heterocycles. The van der Waals surface area contributed by atoms with Gasteiger partial charge in [-0.05, 0) is 44.2 Å². The first-order valence-electron chi connectivity index (χ1n) is 8.65. The van der Waals surface area contributed by atoms with Gasteiger partial charge in [0.2, 0.25) is 5.91 Å². The van der Waals surface area contributed by atoms with Crippen LogP contribution in [0.25, 0.3) is 0 Å². The highest BCUT2D eigenvalue weighted by molar-refractivity contribution is 7.91. The predicted molar refractivity (Wildman–Crippen MR) is 99.7 cm³/mol. The maximum Gasteiger partial charge on any atom is 0.235 e. The molecule has 4 nitrogen and oxygen atoms in total. The quantitative estimate of drug-likeness (QED) is 0.738. The smallest absolute Gasteiger partial charge is 0.235 e. The van der Waals surface area contributed by atoms with Crippen LogP contribution in [0.15, 0.2) is 18.2 Å². The second-order valence-corrected chi connectivity index (χ2v) is 9.32. The fourth-order valence-corrected chi connectivity index (χ4v) is 4.03. The lowest BCUT2D eigenvalue weighted by Crippen LogP contribution is -2.37. The standard InChI is InChI=1S/C19H31NO3S/c1-14(2)7-6-8-17(5)20-19(21)13-24(22,23)12-18-11-15(3)9-10-16(18)4/h9-11,14,17H,6-8,12-13H2,1-5H3,(H,20,21)/t17-/m0/s1. The molecule has 1 aromatic carbocycles. The van der Waals surface area contributed by atoms with E-state index in [4.69, 9.17) is 0 Å². The minimum atomic E-state index is -3.46. The lowest BCUT2D eigenvalue weighted by Gasteiger charge is -2.15. The van der Waals surface area contributed by atoms with Crippen LogP contribution in [0.3, 0.4) is 0 Å². The fourth-order valence-electron chi connectivity index (χ4n) is 2.66. The first-order valence-corrected chi connectivity index (χ1v) is 10.5. The van der Waals surface area contributed by atoms with E-state index in [0.717, 1.165) is 36.0 Å². The van der Waals surface area contributed by atoms with E-state index in [2.05, 4.69) is 19.2 Å². The minimum absolute atomic E-state index is 0.00663. The van der Waals surface area contributed by atoms with E-state index in [0.29, 0.717) is 5.92 Å². The first-order chi connectivity index (χ1) is 11.1. The van der Waals surface area contributed by atoms with Crippen molar-refractivity contribution in [3.8, 4) is 0 Å². The molecule has 0 aliphatic rings. The van der Waals surface area contributed by atoms with E-state index in [9.17, 15) is 13.2 Å². The summed E-state index contributed by atoms with van der Waals surface area (Å²) in [6.45, 7) is 10.1. The zero-order chi connectivity index (χ0) is 18.3. The van der Waals surface area contributed by atoms with E-state index in [-0.39, 0.29) is 11.8 Å². The highest BCUT2D eigenvalue weighted by Crippen LogP contribution is 2.14. The van der Waals surface area contributed by atoms with Crippen molar-refractivity contribution in [2.45, 2.75) is 65.7 Å². The number of rotatable bonds is 9. The highest BCUT2D eigenvalue weighted by Gasteiger charge is 2.19. The molecule has 1 N–H and O–H groups in total. The molecule has 0 saturated carbocycles. The Bertz CT molecular complexity index is 651. The van der Waals surface area contributed by atoms with Crippen LogP contribution in [0.4, 0.5) is 0 Å². The van der Waals surface area contributed by atoms with Gasteiger partial charge in [-0.25, -0.2) is 8.42 Å². The molecule has 5 heteroatoms. The van der Waals surface area contributed by atoms with Gasteiger partial charge in [0, 0.05) is 6.04 Å². The fraction of sp³-hybridized carbons (Fsp3) is 0.632. The summed E-state index contributed by atoms with van der Waals surface area (Å²) >= 11 is 0. The van der Waals surface area contributed by atoms with Gasteiger partial charge in [-0.1, -0.05) is 50.5 Å². The molecule has 0 heterocycles. The van der Waals surface area contributed by atoms with Crippen molar-refractivity contribution < 1.29 is 13.2 Å². The number of hydrogen-bond donors (Lipinski definition) is 1. The summed E-state index contributed by atoms with van der Waals surface area (Å²) in [5, 5.41) is 2.80. The largest absolute Gasteiger partial charge is 0.353 e. The van der Waals surface area contributed by atoms with Crippen molar-refractivity contribution in [2.75, 3.05) is 5.75 Å². The van der Waals surface area contributed by atoms with Crippen LogP contribution >= 0.6 is 0 Å². The third kappa shape index (κ3) is 7.95. The number of aryl methyl sites for hydroxylation is 2. The highest BCUT2D eigenvalue weighted by atomic mass is 32.2. The number of nitrogens with one attached hydrogen (secondary N) is 1. The van der Waals surface area contributed by atoms with Crippen LogP contribution in [0.1, 0.15) is 56.7 Å². The Hall–Kier alpha value is -1.36. The Morgan fingerprint density at radius 3 is 2.42 bits per heavy atom. The van der Waals surface area contributed by atoms with Gasteiger partial charge in [-0.15, -0.1) is 0 Å². The molecule has 0 radical (unpaired) electrons. The molecule has 0 bridgehead atoms. The van der Waals surface area contributed by atoms with Crippen LogP contribution in [0.2, 0.25) is 0 Å². The number of carbonyl (C=O) groups is 1. The average molecular weight is 354 g/mol. The molecule has 0 unspecified atom stereocenters. The summed E-state index contributed by atoms with van der Waals surface area (Å²) in [5.41, 5.74) is 2.73. The zero-order valence-electron chi connectivity index (χ0n) is 15.6. The van der Waals surface area contributed by atoms with Gasteiger partial charge < -0.3 is 5.32 Å². The Morgan fingerprint density at radius 2 is 1.79 bits per heavy atom. The number of sulfone groups is 1. The van der Waals surface area contributed by atoms with Crippen LogP contribution in [0, 0.1) is 19.8 Å². The average Bonchev–Trinajstić information content (AvgIpc) is 2.41. The molecule has 1 atom stereocenters. The van der Waals surface area contributed by atoms with Crippen molar-refractivity contribution in [1.29, 1.82) is 0 Å². The van der Waals surface area contributed by atoms with Gasteiger partial charge in [0.15, 0.2) is 9.84 Å². The van der Waals surface area contributed by atoms with Gasteiger partial charge in [0.1, 0.15) is 5.75 Å². The molecule has 1 aromatic rings. The molecule has 0 fully saturated rings. The van der Waals surface area contributed by atoms with E-state index in [1.165, 1.54) is 0 Å². The lowest BCUT2D eigenvalue weighted by molar-refractivity contribution is -0.119. The van der Waals surface area contributed by atoms with Gasteiger partial charge in [0.25, 0.3) is 0 Å². The van der Waals surface area contributed by atoms with Crippen LogP contribution in [0.5, 0.6) is 0 Å². The van der Waals surface area contributed by atoms with Crippen molar-refractivity contribution in [2.24, 2.45) is 5.92 Å². The van der Waals surface area contributed by atoms with Crippen molar-refractivity contribution in [1.82, 2.24) is 5.32 Å². The number of benzene rings is 1. The normalized spacial score (nSPS) is 13.1. The lowest BCUT2D eigenvalue weighted by atomic mass is 10.0. The van der Waals surface area contributed by atoms with Crippen molar-refractivity contribution in [3.05, 3.63) is 34.9 Å². The third-order valence-electron chi connectivity index (χ3n) is 4.06. The topological polar surface area (TPSA) is 63.2 Å². The molecule has 0 aliphatic heterocycles. The molecular formula is C19H31NO3S. The number of carbonyl (C=O) groups excluding carboxylic acids is 1. The number of amides is 1. The molecule has 0 spiro atoms. The van der Waals surface area contributed by atoms with E-state index in [1.54, 1.807) is 0 Å². The van der Waals surface area contributed by atoms with E-state index in [1.807, 2.05) is 39.0 Å². The van der Waals surface area contributed by atoms with E-state index >= 15 is 0 Å². The van der Waals surface area contributed by atoms with Crippen molar-refractivity contribution >= 4 is 15.7 Å². The monoisotopic (exact) mass is 353 g/mol. The van der Waals surface area contributed by atoms with Gasteiger partial charge in [-0.3, -0.25) is 4.79 Å². The summed E-state index contributed by atoms with van der Waals surface area (Å²) < 4.78 is 24.6. The summed E-state index contributed by atoms with van der Waals surface area (Å²) in [7, 11) is -3.46. The summed E-state index contributed by atoms with van der Waals surface area (Å²) in [6.07, 6.45) is 3.03. The van der Waals surface area contributed by atoms with Gasteiger partial charge in [0.05, 0.1) is 5.75 Å². The number of hydrogen-bond acceptors (Lipinski definition) is 3. The van der Waals surface area contributed by atoms with Crippen LogP contribution in [-0.4, -0.2) is 26.1 Å². The van der Waals surface area contributed by atoms with Crippen LogP contribution < -0.4 is 5.32 Å².